The fourth-order valence-electron chi connectivity index (χ4n) is 2.47. The van der Waals surface area contributed by atoms with Crippen LogP contribution in [0.1, 0.15) is 25.7 Å². The van der Waals surface area contributed by atoms with E-state index in [1.807, 2.05) is 0 Å². The molecule has 0 radical (unpaired) electrons. The van der Waals surface area contributed by atoms with Gasteiger partial charge in [0.05, 0.1) is 12.0 Å². The summed E-state index contributed by atoms with van der Waals surface area (Å²) in [6.45, 7) is 3.45. The van der Waals surface area contributed by atoms with Crippen LogP contribution in [-0.4, -0.2) is 44.5 Å². The average molecular weight is 211 g/mol. The molecular weight excluding hydrogens is 190 g/mol. The minimum absolute atomic E-state index is 0.220. The number of carbonyl (C=O) groups excluding carboxylic acids is 1. The molecule has 15 heavy (non-hydrogen) atoms. The van der Waals surface area contributed by atoms with Gasteiger partial charge >= 0.3 is 0 Å². The highest BCUT2D eigenvalue weighted by Crippen LogP contribution is 2.32. The molecule has 1 saturated heterocycles. The molecule has 3 heteroatoms. The fraction of sp³-hybridized carbons (Fsp3) is 0.917. The van der Waals surface area contributed by atoms with E-state index in [2.05, 4.69) is 11.9 Å². The first-order valence-electron chi connectivity index (χ1n) is 5.97. The molecule has 2 aliphatic rings. The lowest BCUT2D eigenvalue weighted by Crippen LogP contribution is -2.43. The molecule has 0 amide bonds. The van der Waals surface area contributed by atoms with Gasteiger partial charge in [0.1, 0.15) is 6.29 Å². The summed E-state index contributed by atoms with van der Waals surface area (Å²) in [5.74, 6) is 0.892. The molecule has 3 nitrogen and oxygen atoms in total. The van der Waals surface area contributed by atoms with Crippen LogP contribution in [0.15, 0.2) is 0 Å². The number of hydrogen-bond acceptors (Lipinski definition) is 3. The quantitative estimate of drug-likeness (QED) is 0.642. The Kier molecular flexibility index (Phi) is 3.42. The van der Waals surface area contributed by atoms with E-state index in [-0.39, 0.29) is 5.41 Å². The monoisotopic (exact) mass is 211 g/mol. The fourth-order valence-corrected chi connectivity index (χ4v) is 2.47. The zero-order chi connectivity index (χ0) is 10.7. The standard InChI is InChI=1S/C12H21NO2/c1-13(7-11-3-4-11)8-12(9-14)5-2-6-15-10-12/h9,11H,2-8,10H2,1H3. The van der Waals surface area contributed by atoms with E-state index in [9.17, 15) is 4.79 Å². The van der Waals surface area contributed by atoms with Crippen molar-refractivity contribution in [1.29, 1.82) is 0 Å². The van der Waals surface area contributed by atoms with Gasteiger partial charge in [-0.05, 0) is 38.6 Å². The van der Waals surface area contributed by atoms with Gasteiger partial charge in [0.25, 0.3) is 0 Å². The van der Waals surface area contributed by atoms with Crippen LogP contribution in [-0.2, 0) is 9.53 Å². The zero-order valence-corrected chi connectivity index (χ0v) is 9.58. The SMILES string of the molecule is CN(CC1CC1)CC1(C=O)CCCOC1. The maximum Gasteiger partial charge on any atom is 0.129 e. The van der Waals surface area contributed by atoms with Crippen LogP contribution < -0.4 is 0 Å². The summed E-state index contributed by atoms with van der Waals surface area (Å²) in [5, 5.41) is 0. The van der Waals surface area contributed by atoms with Gasteiger partial charge < -0.3 is 14.4 Å². The Morgan fingerprint density at radius 3 is 2.87 bits per heavy atom. The highest BCUT2D eigenvalue weighted by atomic mass is 16.5. The Labute approximate surface area is 91.8 Å². The number of rotatable bonds is 5. The normalized spacial score (nSPS) is 31.9. The molecule has 1 aliphatic heterocycles. The number of carbonyl (C=O) groups is 1. The molecule has 1 aliphatic carbocycles. The summed E-state index contributed by atoms with van der Waals surface area (Å²) < 4.78 is 5.44. The molecule has 1 unspecified atom stereocenters. The first kappa shape index (κ1) is 11.1. The van der Waals surface area contributed by atoms with Gasteiger partial charge in [-0.1, -0.05) is 0 Å². The van der Waals surface area contributed by atoms with Gasteiger partial charge in [0, 0.05) is 19.7 Å². The van der Waals surface area contributed by atoms with E-state index in [1.54, 1.807) is 0 Å². The minimum Gasteiger partial charge on any atom is -0.380 e. The second-order valence-corrected chi connectivity index (χ2v) is 5.28. The molecule has 2 fully saturated rings. The molecule has 0 N–H and O–H groups in total. The number of hydrogen-bond donors (Lipinski definition) is 0. The second kappa shape index (κ2) is 4.62. The van der Waals surface area contributed by atoms with E-state index in [4.69, 9.17) is 4.74 Å². The number of nitrogens with zero attached hydrogens (tertiary/aromatic N) is 1. The smallest absolute Gasteiger partial charge is 0.129 e. The number of ether oxygens (including phenoxy) is 1. The van der Waals surface area contributed by atoms with Crippen molar-refractivity contribution in [3.63, 3.8) is 0 Å². The van der Waals surface area contributed by atoms with Gasteiger partial charge in [-0.15, -0.1) is 0 Å². The summed E-state index contributed by atoms with van der Waals surface area (Å²) in [6, 6.07) is 0. The maximum absolute atomic E-state index is 11.2. The van der Waals surface area contributed by atoms with Crippen LogP contribution in [0.4, 0.5) is 0 Å². The summed E-state index contributed by atoms with van der Waals surface area (Å²) >= 11 is 0. The highest BCUT2D eigenvalue weighted by Gasteiger charge is 2.35. The molecule has 1 atom stereocenters. The van der Waals surface area contributed by atoms with Crippen LogP contribution in [0, 0.1) is 11.3 Å². The van der Waals surface area contributed by atoms with Crippen molar-refractivity contribution in [3.05, 3.63) is 0 Å². The Morgan fingerprint density at radius 2 is 2.33 bits per heavy atom. The van der Waals surface area contributed by atoms with E-state index >= 15 is 0 Å². The van der Waals surface area contributed by atoms with Crippen LogP contribution >= 0.6 is 0 Å². The van der Waals surface area contributed by atoms with Crippen molar-refractivity contribution >= 4 is 6.29 Å². The molecule has 0 spiro atoms. The minimum atomic E-state index is -0.220. The van der Waals surface area contributed by atoms with E-state index in [0.717, 1.165) is 44.7 Å². The van der Waals surface area contributed by atoms with E-state index < -0.39 is 0 Å². The van der Waals surface area contributed by atoms with Crippen molar-refractivity contribution in [1.82, 2.24) is 4.90 Å². The first-order chi connectivity index (χ1) is 7.24. The lowest BCUT2D eigenvalue weighted by Gasteiger charge is -2.35. The summed E-state index contributed by atoms with van der Waals surface area (Å²) in [7, 11) is 2.12. The molecule has 0 aromatic heterocycles. The van der Waals surface area contributed by atoms with E-state index in [0.29, 0.717) is 6.61 Å². The highest BCUT2D eigenvalue weighted by molar-refractivity contribution is 5.60. The third-order valence-corrected chi connectivity index (χ3v) is 3.45. The molecule has 0 bridgehead atoms. The summed E-state index contributed by atoms with van der Waals surface area (Å²) in [6.07, 6.45) is 5.88. The van der Waals surface area contributed by atoms with Crippen LogP contribution in [0.2, 0.25) is 0 Å². The lowest BCUT2D eigenvalue weighted by molar-refractivity contribution is -0.125. The van der Waals surface area contributed by atoms with Crippen LogP contribution in [0.3, 0.4) is 0 Å². The lowest BCUT2D eigenvalue weighted by atomic mass is 9.83. The van der Waals surface area contributed by atoms with Crippen molar-refractivity contribution in [2.45, 2.75) is 25.7 Å². The predicted octanol–water partition coefficient (Wildman–Crippen LogP) is 1.32. The van der Waals surface area contributed by atoms with Crippen molar-refractivity contribution in [2.24, 2.45) is 11.3 Å². The second-order valence-electron chi connectivity index (χ2n) is 5.28. The largest absolute Gasteiger partial charge is 0.380 e. The molecule has 2 rings (SSSR count). The average Bonchev–Trinajstić information content (AvgIpc) is 3.03. The van der Waals surface area contributed by atoms with Gasteiger partial charge in [-0.3, -0.25) is 0 Å². The van der Waals surface area contributed by atoms with Crippen LogP contribution in [0.5, 0.6) is 0 Å². The molecule has 0 aromatic carbocycles. The van der Waals surface area contributed by atoms with Crippen molar-refractivity contribution < 1.29 is 9.53 Å². The van der Waals surface area contributed by atoms with Gasteiger partial charge in [0.15, 0.2) is 0 Å². The zero-order valence-electron chi connectivity index (χ0n) is 9.58. The van der Waals surface area contributed by atoms with E-state index in [1.165, 1.54) is 12.8 Å². The van der Waals surface area contributed by atoms with Gasteiger partial charge in [-0.2, -0.15) is 0 Å². The summed E-state index contributed by atoms with van der Waals surface area (Å²) in [5.41, 5.74) is -0.220. The summed E-state index contributed by atoms with van der Waals surface area (Å²) in [4.78, 5) is 13.5. The first-order valence-corrected chi connectivity index (χ1v) is 5.97. The Bertz CT molecular complexity index is 220. The Hall–Kier alpha value is -0.410. The molecule has 0 aromatic rings. The molecule has 86 valence electrons. The topological polar surface area (TPSA) is 29.5 Å². The molecular formula is C12H21NO2. The third-order valence-electron chi connectivity index (χ3n) is 3.45. The Morgan fingerprint density at radius 1 is 1.53 bits per heavy atom. The number of aldehydes is 1. The maximum atomic E-state index is 11.2. The Balaban J connectivity index is 1.84. The van der Waals surface area contributed by atoms with Crippen LogP contribution in [0.25, 0.3) is 0 Å². The van der Waals surface area contributed by atoms with Gasteiger partial charge in [-0.25, -0.2) is 0 Å². The third kappa shape index (κ3) is 3.02. The van der Waals surface area contributed by atoms with Gasteiger partial charge in [0.2, 0.25) is 0 Å². The van der Waals surface area contributed by atoms with Crippen molar-refractivity contribution in [2.75, 3.05) is 33.4 Å². The van der Waals surface area contributed by atoms with Crippen molar-refractivity contribution in [3.8, 4) is 0 Å². The molecule has 1 saturated carbocycles. The predicted molar refractivity (Wildman–Crippen MR) is 58.8 cm³/mol. The molecule has 1 heterocycles.